The SMILES string of the molecule is CCCC1CCC(CC(c2ccc(O)cc2)c2ccc(-c3ccc(C(CC4CCC(CCC)CC4)c4ccc(O)cc4)cc3)cc2)CC1. The van der Waals surface area contributed by atoms with E-state index in [4.69, 9.17) is 0 Å². The molecule has 0 bridgehead atoms. The summed E-state index contributed by atoms with van der Waals surface area (Å²) in [5, 5.41) is 20.0. The normalized spacial score (nSPS) is 22.6. The Morgan fingerprint density at radius 1 is 0.417 bits per heavy atom. The Morgan fingerprint density at radius 2 is 0.688 bits per heavy atom. The van der Waals surface area contributed by atoms with Crippen LogP contribution in [0.4, 0.5) is 0 Å². The first-order valence-corrected chi connectivity index (χ1v) is 19.3. The number of rotatable bonds is 13. The van der Waals surface area contributed by atoms with Gasteiger partial charge in [-0.2, -0.15) is 0 Å². The van der Waals surface area contributed by atoms with Crippen molar-refractivity contribution in [1.29, 1.82) is 0 Å². The van der Waals surface area contributed by atoms with E-state index >= 15 is 0 Å². The summed E-state index contributed by atoms with van der Waals surface area (Å²) in [5.74, 6) is 4.73. The van der Waals surface area contributed by atoms with Crippen LogP contribution in [0.3, 0.4) is 0 Å². The molecule has 6 rings (SSSR count). The minimum atomic E-state index is 0.336. The van der Waals surface area contributed by atoms with Crippen molar-refractivity contribution in [1.82, 2.24) is 0 Å². The highest BCUT2D eigenvalue weighted by atomic mass is 16.3. The van der Waals surface area contributed by atoms with E-state index in [9.17, 15) is 10.2 Å². The summed E-state index contributed by atoms with van der Waals surface area (Å²) >= 11 is 0. The number of phenols is 2. The van der Waals surface area contributed by atoms with Crippen molar-refractivity contribution in [2.45, 2.75) is 116 Å². The molecule has 2 fully saturated rings. The molecule has 2 unspecified atom stereocenters. The van der Waals surface area contributed by atoms with Gasteiger partial charge < -0.3 is 10.2 Å². The van der Waals surface area contributed by atoms with Crippen molar-refractivity contribution >= 4 is 0 Å². The molecule has 4 aromatic rings. The molecule has 2 aliphatic carbocycles. The first-order chi connectivity index (χ1) is 23.5. The first kappa shape index (κ1) is 34.3. The Balaban J connectivity index is 1.18. The van der Waals surface area contributed by atoms with Crippen LogP contribution in [0.25, 0.3) is 11.1 Å². The fraction of sp³-hybridized carbons (Fsp3) is 0.478. The number of aromatic hydroxyl groups is 2. The average Bonchev–Trinajstić information content (AvgIpc) is 3.12. The van der Waals surface area contributed by atoms with E-state index < -0.39 is 0 Å². The van der Waals surface area contributed by atoms with E-state index in [1.165, 1.54) is 123 Å². The Labute approximate surface area is 290 Å². The maximum Gasteiger partial charge on any atom is 0.115 e. The summed E-state index contributed by atoms with van der Waals surface area (Å²) in [6.07, 6.45) is 18.6. The van der Waals surface area contributed by atoms with E-state index in [0.29, 0.717) is 23.3 Å². The summed E-state index contributed by atoms with van der Waals surface area (Å²) in [5.41, 5.74) is 7.87. The van der Waals surface area contributed by atoms with Crippen LogP contribution in [0.15, 0.2) is 97.1 Å². The van der Waals surface area contributed by atoms with Gasteiger partial charge in [0.1, 0.15) is 11.5 Å². The summed E-state index contributed by atoms with van der Waals surface area (Å²) < 4.78 is 0. The zero-order valence-electron chi connectivity index (χ0n) is 29.5. The molecule has 48 heavy (non-hydrogen) atoms. The molecule has 0 aliphatic heterocycles. The number of hydrogen-bond acceptors (Lipinski definition) is 2. The largest absolute Gasteiger partial charge is 0.508 e. The highest BCUT2D eigenvalue weighted by Gasteiger charge is 2.27. The second kappa shape index (κ2) is 16.7. The molecule has 2 N–H and O–H groups in total. The lowest BCUT2D eigenvalue weighted by Crippen LogP contribution is -2.17. The van der Waals surface area contributed by atoms with Crippen molar-refractivity contribution in [3.05, 3.63) is 119 Å². The Hall–Kier alpha value is -3.52. The molecule has 0 saturated heterocycles. The molecule has 254 valence electrons. The van der Waals surface area contributed by atoms with Crippen LogP contribution in [-0.4, -0.2) is 10.2 Å². The molecular weight excluding hydrogens is 585 g/mol. The van der Waals surface area contributed by atoms with Gasteiger partial charge in [-0.25, -0.2) is 0 Å². The van der Waals surface area contributed by atoms with E-state index in [1.54, 1.807) is 0 Å². The van der Waals surface area contributed by atoms with Crippen molar-refractivity contribution in [2.75, 3.05) is 0 Å². The van der Waals surface area contributed by atoms with Gasteiger partial charge in [0.25, 0.3) is 0 Å². The lowest BCUT2D eigenvalue weighted by atomic mass is 9.74. The van der Waals surface area contributed by atoms with Crippen LogP contribution < -0.4 is 0 Å². The lowest BCUT2D eigenvalue weighted by Gasteiger charge is -2.31. The van der Waals surface area contributed by atoms with E-state index in [2.05, 4.69) is 86.6 Å². The van der Waals surface area contributed by atoms with Crippen molar-refractivity contribution in [2.24, 2.45) is 23.7 Å². The van der Waals surface area contributed by atoms with Gasteiger partial charge >= 0.3 is 0 Å². The first-order valence-electron chi connectivity index (χ1n) is 19.3. The molecule has 2 aliphatic rings. The zero-order chi connectivity index (χ0) is 33.3. The van der Waals surface area contributed by atoms with Crippen molar-refractivity contribution in [3.8, 4) is 22.6 Å². The highest BCUT2D eigenvalue weighted by Crippen LogP contribution is 2.42. The average molecular weight is 643 g/mol. The van der Waals surface area contributed by atoms with Gasteiger partial charge in [0, 0.05) is 11.8 Å². The predicted molar refractivity (Wildman–Crippen MR) is 202 cm³/mol. The van der Waals surface area contributed by atoms with Crippen LogP contribution in [-0.2, 0) is 0 Å². The second-order valence-electron chi connectivity index (χ2n) is 15.4. The molecule has 4 aromatic carbocycles. The molecule has 2 nitrogen and oxygen atoms in total. The maximum absolute atomic E-state index is 10.0. The van der Waals surface area contributed by atoms with Crippen LogP contribution in [0.5, 0.6) is 11.5 Å². The van der Waals surface area contributed by atoms with Crippen LogP contribution in [0, 0.1) is 23.7 Å². The Bertz CT molecular complexity index is 1380. The van der Waals surface area contributed by atoms with E-state index in [-0.39, 0.29) is 0 Å². The Kier molecular flexibility index (Phi) is 12.0. The van der Waals surface area contributed by atoms with E-state index in [1.807, 2.05) is 24.3 Å². The predicted octanol–water partition coefficient (Wildman–Crippen LogP) is 13.0. The number of benzene rings is 4. The summed E-state index contributed by atoms with van der Waals surface area (Å²) in [6, 6.07) is 34.5. The number of hydrogen-bond donors (Lipinski definition) is 2. The van der Waals surface area contributed by atoms with Gasteiger partial charge in [0.15, 0.2) is 0 Å². The molecule has 0 radical (unpaired) electrons. The van der Waals surface area contributed by atoms with Crippen LogP contribution >= 0.6 is 0 Å². The maximum atomic E-state index is 10.0. The van der Waals surface area contributed by atoms with Crippen molar-refractivity contribution in [3.63, 3.8) is 0 Å². The molecule has 2 saturated carbocycles. The molecule has 0 amide bonds. The number of phenolic OH excluding ortho intramolecular Hbond substituents is 2. The van der Waals surface area contributed by atoms with E-state index in [0.717, 1.165) is 23.7 Å². The molecule has 0 heterocycles. The molecule has 2 atom stereocenters. The third kappa shape index (κ3) is 8.93. The van der Waals surface area contributed by atoms with Gasteiger partial charge in [-0.3, -0.25) is 0 Å². The summed E-state index contributed by atoms with van der Waals surface area (Å²) in [6.45, 7) is 4.64. The molecule has 0 aromatic heterocycles. The third-order valence-electron chi connectivity index (χ3n) is 12.0. The molecule has 0 spiro atoms. The second-order valence-corrected chi connectivity index (χ2v) is 15.4. The van der Waals surface area contributed by atoms with Gasteiger partial charge in [0.05, 0.1) is 0 Å². The van der Waals surface area contributed by atoms with Gasteiger partial charge in [-0.05, 0) is 94.2 Å². The standard InChI is InChI=1S/C46H58O2/c1-3-5-33-7-11-35(12-8-33)31-45(41-23-27-43(47)28-24-41)39-19-15-37(16-20-39)38-17-21-40(22-18-38)46(42-25-29-44(48)30-26-42)32-36-13-9-34(6-4-2)10-14-36/h15-30,33-36,45-48H,3-14,31-32H2,1-2H3. The molecular formula is C46H58O2. The third-order valence-corrected chi connectivity index (χ3v) is 12.0. The van der Waals surface area contributed by atoms with Gasteiger partial charge in [-0.1, -0.05) is 164 Å². The topological polar surface area (TPSA) is 40.5 Å². The zero-order valence-corrected chi connectivity index (χ0v) is 29.5. The highest BCUT2D eigenvalue weighted by molar-refractivity contribution is 5.64. The quantitative estimate of drug-likeness (QED) is 0.152. The fourth-order valence-corrected chi connectivity index (χ4v) is 9.15. The van der Waals surface area contributed by atoms with Crippen LogP contribution in [0.1, 0.15) is 138 Å². The Morgan fingerprint density at radius 3 is 0.979 bits per heavy atom. The minimum Gasteiger partial charge on any atom is -0.508 e. The minimum absolute atomic E-state index is 0.336. The molecule has 2 heteroatoms. The van der Waals surface area contributed by atoms with Gasteiger partial charge in [0.2, 0.25) is 0 Å². The fourth-order valence-electron chi connectivity index (χ4n) is 9.15. The monoisotopic (exact) mass is 642 g/mol. The summed E-state index contributed by atoms with van der Waals surface area (Å²) in [4.78, 5) is 0. The lowest BCUT2D eigenvalue weighted by molar-refractivity contribution is 0.246. The smallest absolute Gasteiger partial charge is 0.115 e. The van der Waals surface area contributed by atoms with Crippen molar-refractivity contribution < 1.29 is 10.2 Å². The summed E-state index contributed by atoms with van der Waals surface area (Å²) in [7, 11) is 0. The van der Waals surface area contributed by atoms with Gasteiger partial charge in [-0.15, -0.1) is 0 Å². The van der Waals surface area contributed by atoms with Crippen LogP contribution in [0.2, 0.25) is 0 Å².